The SMILES string of the molecule is CCCOc1ccc2c(ccc3c(C#N)c(C#N)c4ccc5cc(OCCCCCC(=O)O)ccc5c4c32)c1. The summed E-state index contributed by atoms with van der Waals surface area (Å²) in [6.07, 6.45) is 3.32. The van der Waals surface area contributed by atoms with Crippen LogP contribution in [0.1, 0.15) is 50.2 Å². The van der Waals surface area contributed by atoms with Crippen molar-refractivity contribution in [3.63, 3.8) is 0 Å². The second-order valence-corrected chi connectivity index (χ2v) is 9.62. The molecular weight excluding hydrogens is 488 g/mol. The quantitative estimate of drug-likeness (QED) is 0.150. The number of hydrogen-bond donors (Lipinski definition) is 1. The smallest absolute Gasteiger partial charge is 0.303 e. The zero-order chi connectivity index (χ0) is 27.4. The van der Waals surface area contributed by atoms with Crippen molar-refractivity contribution in [3.8, 4) is 23.6 Å². The highest BCUT2D eigenvalue weighted by atomic mass is 16.5. The Morgan fingerprint density at radius 2 is 1.23 bits per heavy atom. The molecule has 39 heavy (non-hydrogen) atoms. The van der Waals surface area contributed by atoms with Crippen molar-refractivity contribution in [1.82, 2.24) is 0 Å². The van der Waals surface area contributed by atoms with Crippen molar-refractivity contribution in [1.29, 1.82) is 10.5 Å². The molecule has 0 saturated heterocycles. The average molecular weight is 517 g/mol. The van der Waals surface area contributed by atoms with Gasteiger partial charge in [-0.3, -0.25) is 4.79 Å². The molecule has 5 rings (SSSR count). The minimum absolute atomic E-state index is 0.178. The zero-order valence-electron chi connectivity index (χ0n) is 21.8. The summed E-state index contributed by atoms with van der Waals surface area (Å²) in [5, 5.41) is 36.3. The number of hydrogen-bond acceptors (Lipinski definition) is 5. The van der Waals surface area contributed by atoms with E-state index in [-0.39, 0.29) is 6.42 Å². The number of rotatable bonds is 10. The molecule has 0 heterocycles. The molecule has 0 aliphatic rings. The largest absolute Gasteiger partial charge is 0.494 e. The lowest BCUT2D eigenvalue weighted by atomic mass is 9.87. The van der Waals surface area contributed by atoms with Crippen LogP contribution in [0.25, 0.3) is 43.1 Å². The molecule has 1 N–H and O–H groups in total. The highest BCUT2D eigenvalue weighted by molar-refractivity contribution is 6.29. The Balaban J connectivity index is 1.64. The Morgan fingerprint density at radius 1 is 0.718 bits per heavy atom. The molecule has 0 amide bonds. The predicted molar refractivity (Wildman–Crippen MR) is 153 cm³/mol. The van der Waals surface area contributed by atoms with Crippen LogP contribution in [0.3, 0.4) is 0 Å². The predicted octanol–water partition coefficient (Wildman–Crippen LogP) is 7.86. The third-order valence-corrected chi connectivity index (χ3v) is 7.02. The maximum absolute atomic E-state index is 10.7. The van der Waals surface area contributed by atoms with E-state index in [0.717, 1.165) is 73.9 Å². The van der Waals surface area contributed by atoms with Gasteiger partial charge >= 0.3 is 5.97 Å². The van der Waals surface area contributed by atoms with Gasteiger partial charge in [0.25, 0.3) is 0 Å². The van der Waals surface area contributed by atoms with Crippen LogP contribution in [-0.4, -0.2) is 24.3 Å². The molecule has 0 radical (unpaired) electrons. The number of carboxylic acid groups (broad SMARTS) is 1. The molecular formula is C33H28N2O4. The van der Waals surface area contributed by atoms with E-state index in [9.17, 15) is 15.3 Å². The standard InChI is InChI=1S/C33H28N2O4/c1-2-15-38-23-9-13-25-21(17-23)7-11-27-29(19-34)30(20-35)28-12-8-22-18-24(10-14-26(22)33(28)32(25)27)39-16-5-3-4-6-31(36)37/h7-14,17-18H,2-6,15-16H2,1H3,(H,36,37). The molecule has 0 unspecified atom stereocenters. The second kappa shape index (κ2) is 11.3. The van der Waals surface area contributed by atoms with Crippen LogP contribution in [0.4, 0.5) is 0 Å². The Bertz CT molecular complexity index is 1810. The molecule has 0 saturated carbocycles. The minimum Gasteiger partial charge on any atom is -0.494 e. The van der Waals surface area contributed by atoms with Crippen LogP contribution >= 0.6 is 0 Å². The average Bonchev–Trinajstić information content (AvgIpc) is 2.95. The van der Waals surface area contributed by atoms with Gasteiger partial charge in [0.2, 0.25) is 0 Å². The number of ether oxygens (including phenoxy) is 2. The summed E-state index contributed by atoms with van der Waals surface area (Å²) in [6, 6.07) is 24.3. The van der Waals surface area contributed by atoms with Crippen molar-refractivity contribution in [2.45, 2.75) is 39.0 Å². The van der Waals surface area contributed by atoms with Crippen LogP contribution in [0, 0.1) is 22.7 Å². The number of unbranched alkanes of at least 4 members (excludes halogenated alkanes) is 2. The highest BCUT2D eigenvalue weighted by Crippen LogP contribution is 2.41. The van der Waals surface area contributed by atoms with Gasteiger partial charge in [-0.15, -0.1) is 0 Å². The lowest BCUT2D eigenvalue weighted by molar-refractivity contribution is -0.137. The van der Waals surface area contributed by atoms with Gasteiger partial charge in [-0.05, 0) is 82.3 Å². The molecule has 0 aliphatic heterocycles. The molecule has 0 aromatic heterocycles. The van der Waals surface area contributed by atoms with E-state index >= 15 is 0 Å². The molecule has 0 bridgehead atoms. The van der Waals surface area contributed by atoms with Crippen LogP contribution in [0.15, 0.2) is 60.7 Å². The number of benzene rings is 5. The summed E-state index contributed by atoms with van der Waals surface area (Å²) in [4.78, 5) is 10.7. The van der Waals surface area contributed by atoms with Gasteiger partial charge in [0.05, 0.1) is 24.3 Å². The summed E-state index contributed by atoms with van der Waals surface area (Å²) in [6.45, 7) is 3.23. The van der Waals surface area contributed by atoms with E-state index in [4.69, 9.17) is 14.6 Å². The molecule has 5 aromatic rings. The van der Waals surface area contributed by atoms with Crippen molar-refractivity contribution in [2.24, 2.45) is 0 Å². The lowest BCUT2D eigenvalue weighted by Gasteiger charge is -2.15. The number of nitrogens with zero attached hydrogens (tertiary/aromatic N) is 2. The van der Waals surface area contributed by atoms with E-state index in [1.54, 1.807) is 0 Å². The molecule has 6 nitrogen and oxygen atoms in total. The van der Waals surface area contributed by atoms with Crippen molar-refractivity contribution in [2.75, 3.05) is 13.2 Å². The molecule has 6 heteroatoms. The summed E-state index contributed by atoms with van der Waals surface area (Å²) < 4.78 is 11.8. The van der Waals surface area contributed by atoms with Crippen molar-refractivity contribution >= 4 is 49.1 Å². The monoisotopic (exact) mass is 516 g/mol. The van der Waals surface area contributed by atoms with E-state index in [1.807, 2.05) is 60.7 Å². The second-order valence-electron chi connectivity index (χ2n) is 9.62. The number of nitriles is 2. The van der Waals surface area contributed by atoms with Gasteiger partial charge in [0.1, 0.15) is 23.6 Å². The summed E-state index contributed by atoms with van der Waals surface area (Å²) in [7, 11) is 0. The maximum Gasteiger partial charge on any atom is 0.303 e. The zero-order valence-corrected chi connectivity index (χ0v) is 21.8. The van der Waals surface area contributed by atoms with Gasteiger partial charge < -0.3 is 14.6 Å². The third kappa shape index (κ3) is 5.02. The van der Waals surface area contributed by atoms with Gasteiger partial charge in [0.15, 0.2) is 0 Å². The van der Waals surface area contributed by atoms with Crippen LogP contribution in [-0.2, 0) is 4.79 Å². The number of fused-ring (bicyclic) bond motifs is 7. The summed E-state index contributed by atoms with van der Waals surface area (Å²) in [5.74, 6) is 0.766. The lowest BCUT2D eigenvalue weighted by Crippen LogP contribution is -1.99. The summed E-state index contributed by atoms with van der Waals surface area (Å²) in [5.41, 5.74) is 0.765. The maximum atomic E-state index is 10.7. The molecule has 194 valence electrons. The van der Waals surface area contributed by atoms with Crippen LogP contribution < -0.4 is 9.47 Å². The Labute approximate surface area is 226 Å². The molecule has 5 aromatic carbocycles. The normalized spacial score (nSPS) is 11.1. The first-order valence-corrected chi connectivity index (χ1v) is 13.2. The van der Waals surface area contributed by atoms with Gasteiger partial charge in [-0.1, -0.05) is 43.3 Å². The van der Waals surface area contributed by atoms with Crippen molar-refractivity contribution < 1.29 is 19.4 Å². The van der Waals surface area contributed by atoms with E-state index in [0.29, 0.717) is 30.8 Å². The first-order valence-electron chi connectivity index (χ1n) is 13.2. The van der Waals surface area contributed by atoms with Crippen LogP contribution in [0.2, 0.25) is 0 Å². The van der Waals surface area contributed by atoms with Gasteiger partial charge in [-0.2, -0.15) is 10.5 Å². The topological polar surface area (TPSA) is 103 Å². The Morgan fingerprint density at radius 3 is 1.72 bits per heavy atom. The van der Waals surface area contributed by atoms with Gasteiger partial charge in [-0.25, -0.2) is 0 Å². The first kappa shape index (κ1) is 25.8. The minimum atomic E-state index is -0.773. The Kier molecular flexibility index (Phi) is 7.48. The molecule has 0 spiro atoms. The third-order valence-electron chi connectivity index (χ3n) is 7.02. The fourth-order valence-electron chi connectivity index (χ4n) is 5.22. The van der Waals surface area contributed by atoms with Gasteiger partial charge in [0, 0.05) is 17.2 Å². The number of carbonyl (C=O) groups is 1. The first-order chi connectivity index (χ1) is 19.0. The number of carboxylic acids is 1. The van der Waals surface area contributed by atoms with Crippen molar-refractivity contribution in [3.05, 3.63) is 71.8 Å². The van der Waals surface area contributed by atoms with E-state index < -0.39 is 5.97 Å². The van der Waals surface area contributed by atoms with E-state index in [2.05, 4.69) is 19.1 Å². The fourth-order valence-corrected chi connectivity index (χ4v) is 5.22. The fraction of sp³-hybridized carbons (Fsp3) is 0.242. The summed E-state index contributed by atoms with van der Waals surface area (Å²) >= 11 is 0. The molecule has 0 fully saturated rings. The molecule has 0 atom stereocenters. The van der Waals surface area contributed by atoms with E-state index in [1.165, 1.54) is 0 Å². The number of aliphatic carboxylic acids is 1. The van der Waals surface area contributed by atoms with Crippen LogP contribution in [0.5, 0.6) is 11.5 Å². The highest BCUT2D eigenvalue weighted by Gasteiger charge is 2.18. The Hall–Kier alpha value is -4.81. The molecule has 0 aliphatic carbocycles.